The molecule has 2 aromatic heterocycles. The highest BCUT2D eigenvalue weighted by atomic mass is 19.1. The lowest BCUT2D eigenvalue weighted by atomic mass is 9.74. The first-order valence-electron chi connectivity index (χ1n) is 14.7. The molecule has 7 rings (SSSR count). The van der Waals surface area contributed by atoms with Gasteiger partial charge in [-0.1, -0.05) is 18.4 Å². The molecule has 3 aliphatic rings. The standard InChI is InChI=1S/C33H31F3N4O3/c1-2-22-24(34)7-6-19-13-21(41)14-23(28(19)22)31-29(36)30-20(15-37-31)16-38-32(39-30)43-18-33-9-3-5-27(33)40(11-4-10-33)26-8-12-42-17-25(26)35/h1,6-7,13-16,25-27,41H,3-5,8-12,17-18H2/t25?,26?,27-,33-/m1/s1. The molecule has 4 aromatic rings. The van der Waals surface area contributed by atoms with E-state index in [9.17, 15) is 13.9 Å². The van der Waals surface area contributed by atoms with Gasteiger partial charge in [0.2, 0.25) is 0 Å². The molecule has 2 aromatic carbocycles. The van der Waals surface area contributed by atoms with E-state index in [1.807, 2.05) is 0 Å². The summed E-state index contributed by atoms with van der Waals surface area (Å²) in [5.41, 5.74) is -0.204. The SMILES string of the molecule is C#Cc1c(F)ccc2cc(O)cc(-c3ncc4cnc(OC[C@]56CCC[C@H]5N(C5CCOCC5F)CCC6)nc4c3F)c12. The monoisotopic (exact) mass is 588 g/mol. The summed E-state index contributed by atoms with van der Waals surface area (Å²) in [6.45, 7) is 1.92. The van der Waals surface area contributed by atoms with E-state index in [0.29, 0.717) is 30.4 Å². The third kappa shape index (κ3) is 4.75. The molecule has 1 saturated carbocycles. The Bertz CT molecular complexity index is 1760. The first kappa shape index (κ1) is 27.9. The molecule has 10 heteroatoms. The van der Waals surface area contributed by atoms with Crippen LogP contribution in [0.2, 0.25) is 0 Å². The zero-order valence-electron chi connectivity index (χ0n) is 23.5. The van der Waals surface area contributed by atoms with E-state index in [1.54, 1.807) is 0 Å². The third-order valence-corrected chi connectivity index (χ3v) is 9.51. The number of benzene rings is 2. The zero-order valence-corrected chi connectivity index (χ0v) is 23.5. The quantitative estimate of drug-likeness (QED) is 0.289. The Morgan fingerprint density at radius 3 is 2.79 bits per heavy atom. The fraction of sp³-hybridized carbons (Fsp3) is 0.424. The summed E-state index contributed by atoms with van der Waals surface area (Å²) in [5, 5.41) is 11.4. The summed E-state index contributed by atoms with van der Waals surface area (Å²) in [5.74, 6) is 0.802. The minimum atomic E-state index is -1.00. The molecule has 1 N–H and O–H groups in total. The molecule has 4 atom stereocenters. The fourth-order valence-electron chi connectivity index (χ4n) is 7.57. The molecule has 1 aliphatic carbocycles. The molecule has 3 fully saturated rings. The van der Waals surface area contributed by atoms with Crippen molar-refractivity contribution in [3.8, 4) is 35.4 Å². The van der Waals surface area contributed by atoms with Crippen LogP contribution >= 0.6 is 0 Å². The van der Waals surface area contributed by atoms with Crippen molar-refractivity contribution in [3.05, 3.63) is 53.9 Å². The Hall–Kier alpha value is -3.94. The maximum atomic E-state index is 16.1. The number of pyridine rings is 1. The van der Waals surface area contributed by atoms with E-state index in [0.717, 1.165) is 38.6 Å². The van der Waals surface area contributed by atoms with Gasteiger partial charge in [0.05, 0.1) is 18.8 Å². The van der Waals surface area contributed by atoms with Crippen LogP contribution in [0.15, 0.2) is 36.7 Å². The van der Waals surface area contributed by atoms with E-state index in [4.69, 9.17) is 15.9 Å². The fourth-order valence-corrected chi connectivity index (χ4v) is 7.57. The van der Waals surface area contributed by atoms with Crippen molar-refractivity contribution < 1.29 is 27.8 Å². The summed E-state index contributed by atoms with van der Waals surface area (Å²) in [6, 6.07) is 5.51. The van der Waals surface area contributed by atoms with Crippen molar-refractivity contribution >= 4 is 21.7 Å². The van der Waals surface area contributed by atoms with Crippen LogP contribution in [-0.2, 0) is 4.74 Å². The van der Waals surface area contributed by atoms with Crippen LogP contribution in [-0.4, -0.2) is 69.6 Å². The normalized spacial score (nSPS) is 26.0. The molecular formula is C33H31F3N4O3. The molecule has 43 heavy (non-hydrogen) atoms. The van der Waals surface area contributed by atoms with Crippen LogP contribution in [0, 0.1) is 29.4 Å². The van der Waals surface area contributed by atoms with Crippen LogP contribution in [0.3, 0.4) is 0 Å². The van der Waals surface area contributed by atoms with Crippen molar-refractivity contribution in [2.45, 2.75) is 56.8 Å². The second-order valence-corrected chi connectivity index (χ2v) is 11.9. The minimum Gasteiger partial charge on any atom is -0.508 e. The lowest BCUT2D eigenvalue weighted by molar-refractivity contribution is -0.0828. The summed E-state index contributed by atoms with van der Waals surface area (Å²) in [4.78, 5) is 15.4. The predicted octanol–water partition coefficient (Wildman–Crippen LogP) is 5.95. The highest BCUT2D eigenvalue weighted by Crippen LogP contribution is 2.49. The first-order chi connectivity index (χ1) is 20.9. The average molecular weight is 589 g/mol. The van der Waals surface area contributed by atoms with Crippen LogP contribution in [0.5, 0.6) is 11.8 Å². The van der Waals surface area contributed by atoms with E-state index in [1.165, 1.54) is 36.7 Å². The Morgan fingerprint density at radius 1 is 1.12 bits per heavy atom. The number of aromatic hydroxyl groups is 1. The number of hydrogen-bond donors (Lipinski definition) is 1. The molecule has 7 nitrogen and oxygen atoms in total. The maximum absolute atomic E-state index is 16.1. The van der Waals surface area contributed by atoms with E-state index in [-0.39, 0.29) is 63.6 Å². The van der Waals surface area contributed by atoms with Gasteiger partial charge >= 0.3 is 6.01 Å². The lowest BCUT2D eigenvalue weighted by Crippen LogP contribution is -2.59. The van der Waals surface area contributed by atoms with Crippen molar-refractivity contribution in [1.82, 2.24) is 19.9 Å². The van der Waals surface area contributed by atoms with E-state index in [2.05, 4.69) is 25.8 Å². The maximum Gasteiger partial charge on any atom is 0.317 e. The Balaban J connectivity index is 1.21. The Labute approximate surface area is 247 Å². The van der Waals surface area contributed by atoms with Gasteiger partial charge in [-0.25, -0.2) is 18.2 Å². The third-order valence-electron chi connectivity index (χ3n) is 9.51. The summed E-state index contributed by atoms with van der Waals surface area (Å²) < 4.78 is 57.2. The number of aromatic nitrogens is 3. The number of phenolic OH excluding ortho intramolecular Hbond substituents is 1. The topological polar surface area (TPSA) is 80.6 Å². The summed E-state index contributed by atoms with van der Waals surface area (Å²) in [6.07, 6.45) is 13.1. The van der Waals surface area contributed by atoms with Crippen LogP contribution in [0.25, 0.3) is 32.9 Å². The molecular weight excluding hydrogens is 557 g/mol. The molecule has 0 radical (unpaired) electrons. The molecule has 2 aliphatic heterocycles. The molecule has 0 spiro atoms. The highest BCUT2D eigenvalue weighted by molar-refractivity contribution is 6.02. The van der Waals surface area contributed by atoms with Gasteiger partial charge in [-0.15, -0.1) is 6.42 Å². The van der Waals surface area contributed by atoms with Gasteiger partial charge < -0.3 is 14.6 Å². The number of likely N-dealkylation sites (tertiary alicyclic amines) is 1. The van der Waals surface area contributed by atoms with Crippen molar-refractivity contribution in [2.75, 3.05) is 26.4 Å². The highest BCUT2D eigenvalue weighted by Gasteiger charge is 2.51. The number of nitrogens with zero attached hydrogens (tertiary/aromatic N) is 4. The van der Waals surface area contributed by atoms with Crippen LogP contribution in [0.4, 0.5) is 13.2 Å². The average Bonchev–Trinajstić information content (AvgIpc) is 3.45. The van der Waals surface area contributed by atoms with Crippen molar-refractivity contribution in [1.29, 1.82) is 0 Å². The molecule has 0 bridgehead atoms. The number of fused-ring (bicyclic) bond motifs is 3. The van der Waals surface area contributed by atoms with Gasteiger partial charge in [-0.3, -0.25) is 9.88 Å². The summed E-state index contributed by atoms with van der Waals surface area (Å²) >= 11 is 0. The predicted molar refractivity (Wildman–Crippen MR) is 155 cm³/mol. The van der Waals surface area contributed by atoms with Crippen molar-refractivity contribution in [2.24, 2.45) is 5.41 Å². The molecule has 222 valence electrons. The van der Waals surface area contributed by atoms with Gasteiger partial charge in [0.25, 0.3) is 0 Å². The minimum absolute atomic E-state index is 0.0154. The smallest absolute Gasteiger partial charge is 0.317 e. The van der Waals surface area contributed by atoms with Gasteiger partial charge in [0.1, 0.15) is 28.9 Å². The van der Waals surface area contributed by atoms with Gasteiger partial charge in [-0.2, -0.15) is 4.98 Å². The number of terminal acetylenes is 1. The second kappa shape index (κ2) is 11.0. The van der Waals surface area contributed by atoms with E-state index >= 15 is 4.39 Å². The molecule has 2 unspecified atom stereocenters. The number of ether oxygens (including phenoxy) is 2. The number of phenols is 1. The zero-order chi connectivity index (χ0) is 29.7. The lowest BCUT2D eigenvalue weighted by Gasteiger charge is -2.50. The Kier molecular flexibility index (Phi) is 7.10. The van der Waals surface area contributed by atoms with Gasteiger partial charge in [0.15, 0.2) is 5.82 Å². The van der Waals surface area contributed by atoms with Crippen LogP contribution in [0.1, 0.15) is 44.1 Å². The van der Waals surface area contributed by atoms with Gasteiger partial charge in [0, 0.05) is 52.8 Å². The van der Waals surface area contributed by atoms with Crippen molar-refractivity contribution in [3.63, 3.8) is 0 Å². The largest absolute Gasteiger partial charge is 0.508 e. The number of rotatable bonds is 5. The number of alkyl halides is 1. The second-order valence-electron chi connectivity index (χ2n) is 11.9. The first-order valence-corrected chi connectivity index (χ1v) is 14.7. The number of piperidine rings is 1. The number of halogens is 3. The summed E-state index contributed by atoms with van der Waals surface area (Å²) in [7, 11) is 0. The molecule has 0 amide bonds. The molecule has 4 heterocycles. The number of hydrogen-bond acceptors (Lipinski definition) is 7. The molecule has 2 saturated heterocycles. The van der Waals surface area contributed by atoms with Gasteiger partial charge in [-0.05, 0) is 62.2 Å². The van der Waals surface area contributed by atoms with Crippen LogP contribution < -0.4 is 4.74 Å². The van der Waals surface area contributed by atoms with E-state index < -0.39 is 17.8 Å². The Morgan fingerprint density at radius 2 is 1.95 bits per heavy atom.